The molecule has 1 amide bonds. The fourth-order valence-electron chi connectivity index (χ4n) is 2.37. The van der Waals surface area contributed by atoms with Crippen molar-refractivity contribution in [1.29, 1.82) is 0 Å². The van der Waals surface area contributed by atoms with Crippen LogP contribution in [0.5, 0.6) is 5.75 Å². The summed E-state index contributed by atoms with van der Waals surface area (Å²) in [4.78, 5) is 12.1. The molecule has 0 saturated carbocycles. The van der Waals surface area contributed by atoms with Gasteiger partial charge in [-0.3, -0.25) is 4.79 Å². The van der Waals surface area contributed by atoms with Gasteiger partial charge in [-0.05, 0) is 50.4 Å². The number of hydrogen-bond acceptors (Lipinski definition) is 3. The first-order valence-electron chi connectivity index (χ1n) is 6.39. The van der Waals surface area contributed by atoms with Crippen molar-refractivity contribution in [1.82, 2.24) is 5.32 Å². The van der Waals surface area contributed by atoms with E-state index in [1.807, 2.05) is 19.9 Å². The summed E-state index contributed by atoms with van der Waals surface area (Å²) in [5.74, 6) is 0.152. The fraction of sp³-hybridized carbons (Fsp3) is 0.500. The van der Waals surface area contributed by atoms with Crippen LogP contribution in [0, 0.1) is 19.8 Å². The van der Waals surface area contributed by atoms with Crippen LogP contribution in [0.15, 0.2) is 12.1 Å². The molecule has 3 N–H and O–H groups in total. The molecule has 1 aromatic rings. The fourth-order valence-corrected chi connectivity index (χ4v) is 2.37. The number of amides is 1. The average Bonchev–Trinajstić information content (AvgIpc) is 2.36. The molecule has 1 aliphatic heterocycles. The van der Waals surface area contributed by atoms with Gasteiger partial charge in [0, 0.05) is 6.54 Å². The number of anilines is 1. The molecule has 1 atom stereocenters. The number of benzene rings is 1. The van der Waals surface area contributed by atoms with E-state index in [-0.39, 0.29) is 17.6 Å². The SMILES string of the molecule is Cc1cc(C)c(O)c(NC(=O)[C@H]2CCCNC2)c1. The zero-order valence-corrected chi connectivity index (χ0v) is 10.9. The number of carbonyl (C=O) groups is 1. The van der Waals surface area contributed by atoms with Crippen molar-refractivity contribution in [2.75, 3.05) is 18.4 Å². The van der Waals surface area contributed by atoms with Crippen LogP contribution >= 0.6 is 0 Å². The van der Waals surface area contributed by atoms with E-state index >= 15 is 0 Å². The van der Waals surface area contributed by atoms with Crippen molar-refractivity contribution in [2.24, 2.45) is 5.92 Å². The first-order chi connectivity index (χ1) is 8.58. The van der Waals surface area contributed by atoms with E-state index in [4.69, 9.17) is 0 Å². The molecule has 1 aliphatic rings. The number of nitrogens with one attached hydrogen (secondary N) is 2. The monoisotopic (exact) mass is 248 g/mol. The molecule has 0 aliphatic carbocycles. The molecule has 0 bridgehead atoms. The highest BCUT2D eigenvalue weighted by atomic mass is 16.3. The van der Waals surface area contributed by atoms with Gasteiger partial charge in [-0.2, -0.15) is 0 Å². The standard InChI is InChI=1S/C14H20N2O2/c1-9-6-10(2)13(17)12(7-9)16-14(18)11-4-3-5-15-8-11/h6-7,11,15,17H,3-5,8H2,1-2H3,(H,16,18)/t11-/m0/s1. The lowest BCUT2D eigenvalue weighted by molar-refractivity contribution is -0.120. The summed E-state index contributed by atoms with van der Waals surface area (Å²) in [6.45, 7) is 5.49. The number of phenols is 1. The van der Waals surface area contributed by atoms with Crippen molar-refractivity contribution < 1.29 is 9.90 Å². The first kappa shape index (κ1) is 12.9. The molecule has 1 aromatic carbocycles. The minimum Gasteiger partial charge on any atom is -0.505 e. The van der Waals surface area contributed by atoms with Crippen molar-refractivity contribution in [2.45, 2.75) is 26.7 Å². The molecule has 0 unspecified atom stereocenters. The Hall–Kier alpha value is -1.55. The molecule has 0 radical (unpaired) electrons. The third-order valence-electron chi connectivity index (χ3n) is 3.37. The van der Waals surface area contributed by atoms with Gasteiger partial charge in [0.2, 0.25) is 5.91 Å². The van der Waals surface area contributed by atoms with Gasteiger partial charge >= 0.3 is 0 Å². The van der Waals surface area contributed by atoms with Gasteiger partial charge in [0.15, 0.2) is 0 Å². The minimum absolute atomic E-state index is 0.000955. The van der Waals surface area contributed by atoms with E-state index in [0.29, 0.717) is 5.69 Å². The summed E-state index contributed by atoms with van der Waals surface area (Å²) >= 11 is 0. The zero-order valence-electron chi connectivity index (χ0n) is 10.9. The Morgan fingerprint density at radius 2 is 2.22 bits per heavy atom. The van der Waals surface area contributed by atoms with Crippen LogP contribution in [0.2, 0.25) is 0 Å². The summed E-state index contributed by atoms with van der Waals surface area (Å²) in [5.41, 5.74) is 2.33. The maximum absolute atomic E-state index is 12.1. The number of aromatic hydroxyl groups is 1. The van der Waals surface area contributed by atoms with Crippen LogP contribution in [0.1, 0.15) is 24.0 Å². The van der Waals surface area contributed by atoms with Gasteiger partial charge < -0.3 is 15.7 Å². The highest BCUT2D eigenvalue weighted by Gasteiger charge is 2.21. The summed E-state index contributed by atoms with van der Waals surface area (Å²) < 4.78 is 0. The topological polar surface area (TPSA) is 61.4 Å². The molecule has 2 rings (SSSR count). The average molecular weight is 248 g/mol. The molecule has 1 heterocycles. The van der Waals surface area contributed by atoms with Crippen LogP contribution < -0.4 is 10.6 Å². The predicted molar refractivity (Wildman–Crippen MR) is 71.8 cm³/mol. The number of aryl methyl sites for hydroxylation is 2. The van der Waals surface area contributed by atoms with E-state index in [0.717, 1.165) is 37.1 Å². The summed E-state index contributed by atoms with van der Waals surface area (Å²) in [6, 6.07) is 3.70. The van der Waals surface area contributed by atoms with Gasteiger partial charge in [-0.25, -0.2) is 0 Å². The zero-order chi connectivity index (χ0) is 13.1. The Labute approximate surface area is 107 Å². The predicted octanol–water partition coefficient (Wildman–Crippen LogP) is 1.95. The van der Waals surface area contributed by atoms with Crippen LogP contribution in [0.3, 0.4) is 0 Å². The van der Waals surface area contributed by atoms with Crippen molar-refractivity contribution in [3.8, 4) is 5.75 Å². The molecule has 4 heteroatoms. The molecule has 1 saturated heterocycles. The number of rotatable bonds is 2. The molecule has 0 spiro atoms. The van der Waals surface area contributed by atoms with E-state index in [1.54, 1.807) is 6.07 Å². The van der Waals surface area contributed by atoms with Crippen molar-refractivity contribution in [3.05, 3.63) is 23.3 Å². The van der Waals surface area contributed by atoms with Crippen LogP contribution in [0.25, 0.3) is 0 Å². The maximum Gasteiger partial charge on any atom is 0.228 e. The van der Waals surface area contributed by atoms with Crippen molar-refractivity contribution in [3.63, 3.8) is 0 Å². The number of piperidine rings is 1. The van der Waals surface area contributed by atoms with E-state index < -0.39 is 0 Å². The number of hydrogen-bond donors (Lipinski definition) is 3. The number of carbonyl (C=O) groups excluding carboxylic acids is 1. The second kappa shape index (κ2) is 5.40. The Morgan fingerprint density at radius 1 is 1.44 bits per heavy atom. The lowest BCUT2D eigenvalue weighted by atomic mass is 9.98. The van der Waals surface area contributed by atoms with E-state index in [9.17, 15) is 9.90 Å². The smallest absolute Gasteiger partial charge is 0.228 e. The van der Waals surface area contributed by atoms with Crippen LogP contribution in [-0.2, 0) is 4.79 Å². The normalized spacial score (nSPS) is 19.6. The summed E-state index contributed by atoms with van der Waals surface area (Å²) in [6.07, 6.45) is 1.93. The Balaban J connectivity index is 2.11. The lowest BCUT2D eigenvalue weighted by Gasteiger charge is -2.22. The third-order valence-corrected chi connectivity index (χ3v) is 3.37. The Morgan fingerprint density at radius 3 is 2.89 bits per heavy atom. The van der Waals surface area contributed by atoms with Crippen molar-refractivity contribution >= 4 is 11.6 Å². The van der Waals surface area contributed by atoms with Gasteiger partial charge in [0.05, 0.1) is 11.6 Å². The molecule has 1 fully saturated rings. The van der Waals surface area contributed by atoms with Gasteiger partial charge in [-0.1, -0.05) is 6.07 Å². The first-order valence-corrected chi connectivity index (χ1v) is 6.39. The minimum atomic E-state index is -0.0116. The Bertz CT molecular complexity index is 451. The molecular formula is C14H20N2O2. The summed E-state index contributed by atoms with van der Waals surface area (Å²) in [7, 11) is 0. The molecular weight excluding hydrogens is 228 g/mol. The lowest BCUT2D eigenvalue weighted by Crippen LogP contribution is -2.37. The molecule has 98 valence electrons. The Kier molecular flexibility index (Phi) is 3.87. The molecule has 4 nitrogen and oxygen atoms in total. The third kappa shape index (κ3) is 2.82. The van der Waals surface area contributed by atoms with Gasteiger partial charge in [0.1, 0.15) is 5.75 Å². The summed E-state index contributed by atoms with van der Waals surface area (Å²) in [5, 5.41) is 16.0. The maximum atomic E-state index is 12.1. The molecule has 18 heavy (non-hydrogen) atoms. The second-order valence-corrected chi connectivity index (χ2v) is 5.01. The molecule has 0 aromatic heterocycles. The quantitative estimate of drug-likeness (QED) is 0.701. The van der Waals surface area contributed by atoms with E-state index in [2.05, 4.69) is 10.6 Å². The van der Waals surface area contributed by atoms with Gasteiger partial charge in [0.25, 0.3) is 0 Å². The second-order valence-electron chi connectivity index (χ2n) is 5.01. The van der Waals surface area contributed by atoms with Gasteiger partial charge in [-0.15, -0.1) is 0 Å². The van der Waals surface area contributed by atoms with Crippen LogP contribution in [-0.4, -0.2) is 24.1 Å². The highest BCUT2D eigenvalue weighted by Crippen LogP contribution is 2.29. The highest BCUT2D eigenvalue weighted by molar-refractivity contribution is 5.94. The van der Waals surface area contributed by atoms with E-state index in [1.165, 1.54) is 0 Å². The number of phenolic OH excluding ortho intramolecular Hbond substituents is 1. The van der Waals surface area contributed by atoms with Crippen LogP contribution in [0.4, 0.5) is 5.69 Å². The largest absolute Gasteiger partial charge is 0.505 e.